The Morgan fingerprint density at radius 3 is 2.05 bits per heavy atom. The van der Waals surface area contributed by atoms with Crippen molar-refractivity contribution in [2.45, 2.75) is 58.5 Å². The second-order valence-electron chi connectivity index (χ2n) is 7.29. The summed E-state index contributed by atoms with van der Waals surface area (Å²) in [5.41, 5.74) is 0.972. The van der Waals surface area contributed by atoms with E-state index in [0.717, 1.165) is 0 Å². The molecule has 0 amide bonds. The summed E-state index contributed by atoms with van der Waals surface area (Å²) in [6, 6.07) is 7.23. The average molecular weight is 310 g/mol. The number of nitrogens with one attached hydrogen (secondary N) is 2. The Morgan fingerprint density at radius 1 is 1.05 bits per heavy atom. The van der Waals surface area contributed by atoms with E-state index in [1.165, 1.54) is 0 Å². The minimum absolute atomic E-state index is 0.128. The van der Waals surface area contributed by atoms with Gasteiger partial charge < -0.3 is 5.32 Å². The van der Waals surface area contributed by atoms with Crippen LogP contribution < -0.4 is 10.0 Å². The molecule has 0 radical (unpaired) electrons. The van der Waals surface area contributed by atoms with Crippen molar-refractivity contribution >= 4 is 15.7 Å². The molecule has 0 saturated heterocycles. The van der Waals surface area contributed by atoms with E-state index in [-0.39, 0.29) is 22.9 Å². The van der Waals surface area contributed by atoms with Gasteiger partial charge in [0.1, 0.15) is 4.90 Å². The fourth-order valence-electron chi connectivity index (χ4n) is 2.91. The molecule has 1 aromatic rings. The third-order valence-electron chi connectivity index (χ3n) is 4.89. The SMILES string of the molecule is CC(C)NS(=O)(=O)c1ccccc1NC1C(C)(C)C1(C)C. The third kappa shape index (κ3) is 2.81. The van der Waals surface area contributed by atoms with Gasteiger partial charge in [0.15, 0.2) is 0 Å². The third-order valence-corrected chi connectivity index (χ3v) is 6.60. The Labute approximate surface area is 128 Å². The zero-order valence-corrected chi connectivity index (χ0v) is 14.5. The van der Waals surface area contributed by atoms with E-state index in [1.807, 2.05) is 26.0 Å². The molecule has 2 N–H and O–H groups in total. The molecule has 1 aliphatic rings. The first-order valence-corrected chi connectivity index (χ1v) is 8.86. The van der Waals surface area contributed by atoms with Crippen molar-refractivity contribution in [2.24, 2.45) is 10.8 Å². The normalized spacial score (nSPS) is 20.5. The van der Waals surface area contributed by atoms with E-state index >= 15 is 0 Å². The van der Waals surface area contributed by atoms with Gasteiger partial charge in [-0.15, -0.1) is 0 Å². The van der Waals surface area contributed by atoms with Gasteiger partial charge in [-0.1, -0.05) is 39.8 Å². The Kier molecular flexibility index (Phi) is 3.87. The maximum absolute atomic E-state index is 12.4. The predicted molar refractivity (Wildman–Crippen MR) is 86.9 cm³/mol. The van der Waals surface area contributed by atoms with Crippen LogP contribution in [-0.2, 0) is 10.0 Å². The Balaban J connectivity index is 2.32. The second kappa shape index (κ2) is 4.99. The summed E-state index contributed by atoms with van der Waals surface area (Å²) in [7, 11) is -3.50. The van der Waals surface area contributed by atoms with Crippen molar-refractivity contribution in [2.75, 3.05) is 5.32 Å². The molecule has 21 heavy (non-hydrogen) atoms. The van der Waals surface area contributed by atoms with Gasteiger partial charge in [0.25, 0.3) is 0 Å². The van der Waals surface area contributed by atoms with Crippen LogP contribution in [0.2, 0.25) is 0 Å². The van der Waals surface area contributed by atoms with E-state index in [9.17, 15) is 8.42 Å². The maximum Gasteiger partial charge on any atom is 0.242 e. The van der Waals surface area contributed by atoms with E-state index in [0.29, 0.717) is 10.6 Å². The number of rotatable bonds is 5. The zero-order chi connectivity index (χ0) is 16.1. The highest BCUT2D eigenvalue weighted by atomic mass is 32.2. The number of anilines is 1. The highest BCUT2D eigenvalue weighted by molar-refractivity contribution is 7.89. The van der Waals surface area contributed by atoms with Crippen molar-refractivity contribution in [3.05, 3.63) is 24.3 Å². The molecule has 0 aromatic heterocycles. The van der Waals surface area contributed by atoms with Gasteiger partial charge in [0.05, 0.1) is 5.69 Å². The smallest absolute Gasteiger partial charge is 0.242 e. The Bertz CT molecular complexity index is 619. The van der Waals surface area contributed by atoms with Crippen molar-refractivity contribution in [3.8, 4) is 0 Å². The Hall–Kier alpha value is -1.07. The van der Waals surface area contributed by atoms with Gasteiger partial charge in [0, 0.05) is 12.1 Å². The molecule has 1 aromatic carbocycles. The van der Waals surface area contributed by atoms with Crippen LogP contribution in [-0.4, -0.2) is 20.5 Å². The molecular formula is C16H26N2O2S. The monoisotopic (exact) mass is 310 g/mol. The summed E-state index contributed by atoms with van der Waals surface area (Å²) >= 11 is 0. The minimum Gasteiger partial charge on any atom is -0.380 e. The zero-order valence-electron chi connectivity index (χ0n) is 13.7. The van der Waals surface area contributed by atoms with E-state index in [1.54, 1.807) is 12.1 Å². The first-order chi connectivity index (χ1) is 9.50. The Morgan fingerprint density at radius 2 is 1.57 bits per heavy atom. The van der Waals surface area contributed by atoms with Gasteiger partial charge in [-0.2, -0.15) is 0 Å². The highest BCUT2D eigenvalue weighted by Gasteiger charge is 2.65. The second-order valence-corrected chi connectivity index (χ2v) is 8.98. The number of sulfonamides is 1. The fraction of sp³-hybridized carbons (Fsp3) is 0.625. The lowest BCUT2D eigenvalue weighted by Crippen LogP contribution is -2.31. The van der Waals surface area contributed by atoms with Crippen LogP contribution in [0.15, 0.2) is 29.2 Å². The fourth-order valence-corrected chi connectivity index (χ4v) is 4.33. The molecule has 5 heteroatoms. The van der Waals surface area contributed by atoms with E-state index in [2.05, 4.69) is 37.7 Å². The van der Waals surface area contributed by atoms with E-state index < -0.39 is 10.0 Å². The van der Waals surface area contributed by atoms with Crippen LogP contribution in [0.25, 0.3) is 0 Å². The molecule has 0 aliphatic heterocycles. The molecule has 1 fully saturated rings. The van der Waals surface area contributed by atoms with Gasteiger partial charge in [-0.3, -0.25) is 0 Å². The van der Waals surface area contributed by atoms with Gasteiger partial charge >= 0.3 is 0 Å². The first-order valence-electron chi connectivity index (χ1n) is 7.38. The quantitative estimate of drug-likeness (QED) is 0.878. The summed E-state index contributed by atoms with van der Waals surface area (Å²) in [5.74, 6) is 0. The largest absolute Gasteiger partial charge is 0.380 e. The van der Waals surface area contributed by atoms with E-state index in [4.69, 9.17) is 0 Å². The lowest BCUT2D eigenvalue weighted by atomic mass is 10.0. The van der Waals surface area contributed by atoms with Crippen LogP contribution in [0.3, 0.4) is 0 Å². The van der Waals surface area contributed by atoms with Crippen molar-refractivity contribution in [1.29, 1.82) is 0 Å². The molecule has 2 rings (SSSR count). The molecule has 0 heterocycles. The summed E-state index contributed by atoms with van der Waals surface area (Å²) < 4.78 is 27.5. The summed E-state index contributed by atoms with van der Waals surface area (Å²) in [6.07, 6.45) is 0. The molecule has 118 valence electrons. The predicted octanol–water partition coefficient (Wildman–Crippen LogP) is 3.22. The summed E-state index contributed by atoms with van der Waals surface area (Å²) in [6.45, 7) is 12.5. The lowest BCUT2D eigenvalue weighted by molar-refractivity contribution is 0.457. The minimum atomic E-state index is -3.50. The number of hydrogen-bond acceptors (Lipinski definition) is 3. The first kappa shape index (κ1) is 16.3. The van der Waals surface area contributed by atoms with Crippen LogP contribution >= 0.6 is 0 Å². The van der Waals surface area contributed by atoms with Crippen molar-refractivity contribution < 1.29 is 8.42 Å². The molecule has 0 bridgehead atoms. The van der Waals surface area contributed by atoms with Crippen molar-refractivity contribution in [3.63, 3.8) is 0 Å². The van der Waals surface area contributed by atoms with Gasteiger partial charge in [-0.25, -0.2) is 13.1 Å². The topological polar surface area (TPSA) is 58.2 Å². The van der Waals surface area contributed by atoms with Crippen LogP contribution in [0.5, 0.6) is 0 Å². The molecule has 0 atom stereocenters. The number of para-hydroxylation sites is 1. The molecule has 1 saturated carbocycles. The highest BCUT2D eigenvalue weighted by Crippen LogP contribution is 2.63. The average Bonchev–Trinajstić information content (AvgIpc) is 2.70. The maximum atomic E-state index is 12.4. The molecule has 0 unspecified atom stereocenters. The standard InChI is InChI=1S/C16H26N2O2S/c1-11(2)18-21(19,20)13-10-8-7-9-12(13)17-14-15(3,4)16(14,5)6/h7-11,14,17-18H,1-6H3. The number of hydrogen-bond donors (Lipinski definition) is 2. The van der Waals surface area contributed by atoms with Crippen molar-refractivity contribution in [1.82, 2.24) is 4.72 Å². The lowest BCUT2D eigenvalue weighted by Gasteiger charge is -2.15. The molecule has 0 spiro atoms. The van der Waals surface area contributed by atoms with Crippen LogP contribution in [0.4, 0.5) is 5.69 Å². The van der Waals surface area contributed by atoms with Gasteiger partial charge in [0.2, 0.25) is 10.0 Å². The summed E-state index contributed by atoms with van der Waals surface area (Å²) in [5, 5.41) is 3.43. The molecule has 4 nitrogen and oxygen atoms in total. The number of benzene rings is 1. The van der Waals surface area contributed by atoms with Crippen LogP contribution in [0.1, 0.15) is 41.5 Å². The summed E-state index contributed by atoms with van der Waals surface area (Å²) in [4.78, 5) is 0.317. The van der Waals surface area contributed by atoms with Gasteiger partial charge in [-0.05, 0) is 36.8 Å². The molecule has 1 aliphatic carbocycles. The molecular weight excluding hydrogens is 284 g/mol. The van der Waals surface area contributed by atoms with Crippen LogP contribution in [0, 0.1) is 10.8 Å².